The maximum Gasteiger partial charge on any atom is 0.338 e. The molecule has 1 N–H and O–H groups in total. The van der Waals surface area contributed by atoms with Crippen LogP contribution in [0.5, 0.6) is 23.0 Å². The molecule has 0 saturated carbocycles. The van der Waals surface area contributed by atoms with Gasteiger partial charge in [-0.2, -0.15) is 0 Å². The van der Waals surface area contributed by atoms with Crippen molar-refractivity contribution >= 4 is 27.9 Å². The molecule has 3 aromatic carbocycles. The molecule has 0 aliphatic heterocycles. The van der Waals surface area contributed by atoms with Crippen LogP contribution >= 0.6 is 0 Å². The van der Waals surface area contributed by atoms with E-state index in [1.165, 1.54) is 12.1 Å². The molecule has 0 unspecified atom stereocenters. The predicted octanol–water partition coefficient (Wildman–Crippen LogP) is 7.13. The van der Waals surface area contributed by atoms with E-state index < -0.39 is 22.6 Å². The second-order valence-corrected chi connectivity index (χ2v) is 10.6. The van der Waals surface area contributed by atoms with E-state index in [0.29, 0.717) is 17.1 Å². The number of ether oxygens (including phenoxy) is 4. The molecule has 218 valence electrons. The molecular weight excluding hydrogens is 536 g/mol. The van der Waals surface area contributed by atoms with E-state index >= 15 is 0 Å². The van der Waals surface area contributed by atoms with Crippen LogP contribution in [0.4, 0.5) is 0 Å². The minimum absolute atomic E-state index is 0.0115. The third kappa shape index (κ3) is 6.83. The summed E-state index contributed by atoms with van der Waals surface area (Å²) in [6, 6.07) is 14.8. The normalized spacial score (nSPS) is 11.9. The van der Waals surface area contributed by atoms with Gasteiger partial charge in [-0.05, 0) is 76.3 Å². The lowest BCUT2D eigenvalue weighted by atomic mass is 10.1. The Kier molecular flexibility index (Phi) is 8.76. The largest absolute Gasteiger partial charge is 0.507 e. The summed E-state index contributed by atoms with van der Waals surface area (Å²) in [7, 11) is 0. The summed E-state index contributed by atoms with van der Waals surface area (Å²) in [5.74, 6) is 0.0896. The summed E-state index contributed by atoms with van der Waals surface area (Å²) in [5, 5.41) is 10.9. The molecule has 0 atom stereocenters. The highest BCUT2D eigenvalue weighted by molar-refractivity contribution is 5.96. The van der Waals surface area contributed by atoms with Crippen molar-refractivity contribution in [3.8, 4) is 23.0 Å². The molecule has 0 aliphatic rings. The Morgan fingerprint density at radius 3 is 2.29 bits per heavy atom. The van der Waals surface area contributed by atoms with Crippen molar-refractivity contribution in [1.29, 1.82) is 0 Å². The lowest BCUT2D eigenvalue weighted by Crippen LogP contribution is -2.25. The van der Waals surface area contributed by atoms with Crippen LogP contribution in [0, 0.1) is 0 Å². The molecule has 0 saturated heterocycles. The van der Waals surface area contributed by atoms with Crippen LogP contribution < -0.4 is 19.6 Å². The van der Waals surface area contributed by atoms with Gasteiger partial charge in [0.05, 0.1) is 10.9 Å². The molecular formula is C34H34O8. The Hall–Kier alpha value is -4.98. The zero-order valence-electron chi connectivity index (χ0n) is 24.1. The highest BCUT2D eigenvalue weighted by Crippen LogP contribution is 2.40. The standard InChI is InChI=1S/C34H34O8/c1-7-33(3,4)41-23-20-25(35)28-27(21-23)40-30-24(29(28)36)16-17-26(42-34(5,6)8-2)31(30)38-18-12-13-19-39-32(37)22-14-10-9-11-15-22/h7-17,20-21,35H,1-2,18-19H2,3-6H3/b13-12+. The minimum atomic E-state index is -0.764. The van der Waals surface area contributed by atoms with Crippen LogP contribution in [0.3, 0.4) is 0 Å². The summed E-state index contributed by atoms with van der Waals surface area (Å²) in [4.78, 5) is 25.7. The Labute approximate surface area is 244 Å². The number of phenols is 1. The molecule has 0 fully saturated rings. The monoisotopic (exact) mass is 570 g/mol. The average molecular weight is 571 g/mol. The predicted molar refractivity (Wildman–Crippen MR) is 163 cm³/mol. The van der Waals surface area contributed by atoms with Crippen LogP contribution in [0.25, 0.3) is 21.9 Å². The number of carbonyl (C=O) groups excluding carboxylic acids is 1. The van der Waals surface area contributed by atoms with Gasteiger partial charge in [-0.25, -0.2) is 4.79 Å². The van der Waals surface area contributed by atoms with Gasteiger partial charge in [-0.1, -0.05) is 31.4 Å². The molecule has 8 heteroatoms. The van der Waals surface area contributed by atoms with Crippen molar-refractivity contribution < 1.29 is 33.3 Å². The van der Waals surface area contributed by atoms with Gasteiger partial charge in [0.2, 0.25) is 11.2 Å². The van der Waals surface area contributed by atoms with Gasteiger partial charge in [-0.3, -0.25) is 4.79 Å². The molecule has 4 aromatic rings. The number of aromatic hydroxyl groups is 1. The molecule has 42 heavy (non-hydrogen) atoms. The molecule has 1 aromatic heterocycles. The number of carbonyl (C=O) groups is 1. The Morgan fingerprint density at radius 1 is 0.929 bits per heavy atom. The molecule has 8 nitrogen and oxygen atoms in total. The fraction of sp³-hybridized carbons (Fsp3) is 0.235. The molecule has 0 bridgehead atoms. The van der Waals surface area contributed by atoms with Crippen LogP contribution in [0.15, 0.2) is 101 Å². The fourth-order valence-electron chi connectivity index (χ4n) is 3.95. The van der Waals surface area contributed by atoms with Gasteiger partial charge < -0.3 is 28.5 Å². The number of phenolic OH excluding ortho intramolecular Hbond substituents is 1. The first-order valence-electron chi connectivity index (χ1n) is 13.4. The summed E-state index contributed by atoms with van der Waals surface area (Å²) in [6.45, 7) is 15.0. The van der Waals surface area contributed by atoms with Crippen molar-refractivity contribution in [1.82, 2.24) is 0 Å². The summed E-state index contributed by atoms with van der Waals surface area (Å²) in [5.41, 5.74) is -1.24. The maximum atomic E-state index is 13.5. The van der Waals surface area contributed by atoms with E-state index in [4.69, 9.17) is 23.4 Å². The maximum absolute atomic E-state index is 13.5. The second kappa shape index (κ2) is 12.3. The van der Waals surface area contributed by atoms with E-state index in [-0.39, 0.29) is 46.7 Å². The first kappa shape index (κ1) is 30.0. The number of hydrogen-bond donors (Lipinski definition) is 1. The lowest BCUT2D eigenvalue weighted by Gasteiger charge is -2.24. The van der Waals surface area contributed by atoms with Crippen molar-refractivity contribution in [2.45, 2.75) is 38.9 Å². The Balaban J connectivity index is 1.69. The second-order valence-electron chi connectivity index (χ2n) is 10.6. The fourth-order valence-corrected chi connectivity index (χ4v) is 3.95. The molecule has 1 heterocycles. The topological polar surface area (TPSA) is 104 Å². The first-order chi connectivity index (χ1) is 19.9. The van der Waals surface area contributed by atoms with Crippen LogP contribution in [-0.4, -0.2) is 35.5 Å². The highest BCUT2D eigenvalue weighted by atomic mass is 16.5. The summed E-state index contributed by atoms with van der Waals surface area (Å²) >= 11 is 0. The van der Waals surface area contributed by atoms with Gasteiger partial charge in [0.15, 0.2) is 11.3 Å². The molecule has 0 aliphatic carbocycles. The number of esters is 1. The zero-order chi connectivity index (χ0) is 30.5. The van der Waals surface area contributed by atoms with Gasteiger partial charge in [-0.15, -0.1) is 0 Å². The van der Waals surface area contributed by atoms with Crippen molar-refractivity contribution in [3.05, 3.63) is 108 Å². The van der Waals surface area contributed by atoms with E-state index in [9.17, 15) is 14.7 Å². The quantitative estimate of drug-likeness (QED) is 0.109. The van der Waals surface area contributed by atoms with Gasteiger partial charge in [0.25, 0.3) is 0 Å². The molecule has 0 radical (unpaired) electrons. The SMILES string of the molecule is C=CC(C)(C)Oc1cc(O)c2c(=O)c3ccc(OC(C)(C)C=C)c(OC/C=C/COC(=O)c4ccccc4)c3oc2c1. The number of benzene rings is 3. The zero-order valence-corrected chi connectivity index (χ0v) is 24.1. The van der Waals surface area contributed by atoms with Crippen molar-refractivity contribution in [2.75, 3.05) is 13.2 Å². The Morgan fingerprint density at radius 2 is 1.60 bits per heavy atom. The number of hydrogen-bond acceptors (Lipinski definition) is 8. The molecule has 0 amide bonds. The van der Waals surface area contributed by atoms with E-state index in [1.54, 1.807) is 60.7 Å². The summed E-state index contributed by atoms with van der Waals surface area (Å²) in [6.07, 6.45) is 6.59. The van der Waals surface area contributed by atoms with Crippen molar-refractivity contribution in [2.24, 2.45) is 0 Å². The van der Waals surface area contributed by atoms with Crippen LogP contribution in [0.1, 0.15) is 38.1 Å². The number of fused-ring (bicyclic) bond motifs is 2. The van der Waals surface area contributed by atoms with Crippen LogP contribution in [-0.2, 0) is 4.74 Å². The molecule has 4 rings (SSSR count). The highest BCUT2D eigenvalue weighted by Gasteiger charge is 2.24. The average Bonchev–Trinajstić information content (AvgIpc) is 2.95. The first-order valence-corrected chi connectivity index (χ1v) is 13.4. The van der Waals surface area contributed by atoms with Gasteiger partial charge >= 0.3 is 5.97 Å². The number of rotatable bonds is 12. The Bertz CT molecular complexity index is 1710. The smallest absolute Gasteiger partial charge is 0.338 e. The van der Waals surface area contributed by atoms with Gasteiger partial charge in [0, 0.05) is 12.1 Å². The lowest BCUT2D eigenvalue weighted by molar-refractivity contribution is 0.0549. The van der Waals surface area contributed by atoms with E-state index in [1.807, 2.05) is 33.8 Å². The minimum Gasteiger partial charge on any atom is -0.507 e. The summed E-state index contributed by atoms with van der Waals surface area (Å²) < 4.78 is 29.6. The third-order valence-electron chi connectivity index (χ3n) is 6.36. The van der Waals surface area contributed by atoms with Crippen LogP contribution in [0.2, 0.25) is 0 Å². The van der Waals surface area contributed by atoms with E-state index in [0.717, 1.165) is 0 Å². The van der Waals surface area contributed by atoms with E-state index in [2.05, 4.69) is 13.2 Å². The van der Waals surface area contributed by atoms with Crippen molar-refractivity contribution in [3.63, 3.8) is 0 Å². The molecule has 0 spiro atoms. The van der Waals surface area contributed by atoms with Gasteiger partial charge in [0.1, 0.15) is 46.9 Å². The third-order valence-corrected chi connectivity index (χ3v) is 6.36.